The Morgan fingerprint density at radius 2 is 1.96 bits per heavy atom. The number of nitro groups is 1. The second-order valence-electron chi connectivity index (χ2n) is 5.63. The Bertz CT molecular complexity index is 1070. The van der Waals surface area contributed by atoms with Gasteiger partial charge in [-0.1, -0.05) is 5.16 Å². The third-order valence-corrected chi connectivity index (χ3v) is 3.97. The van der Waals surface area contributed by atoms with Crippen LogP contribution >= 0.6 is 0 Å². The Kier molecular flexibility index (Phi) is 3.96. The minimum atomic E-state index is -0.582. The summed E-state index contributed by atoms with van der Waals surface area (Å²) in [5.74, 6) is -1.08. The van der Waals surface area contributed by atoms with E-state index in [0.29, 0.717) is 33.1 Å². The Morgan fingerprint density at radius 3 is 2.60 bits per heavy atom. The quantitative estimate of drug-likeness (QED) is 0.314. The smallest absolute Gasteiger partial charge is 0.331 e. The van der Waals surface area contributed by atoms with Gasteiger partial charge in [-0.25, -0.2) is 9.18 Å². The van der Waals surface area contributed by atoms with Crippen LogP contribution in [0.1, 0.15) is 19.4 Å². The molecule has 0 saturated carbocycles. The molecule has 7 nitrogen and oxygen atoms in total. The van der Waals surface area contributed by atoms with Gasteiger partial charge in [0.15, 0.2) is 0 Å². The predicted molar refractivity (Wildman–Crippen MR) is 91.0 cm³/mol. The molecule has 0 amide bonds. The van der Waals surface area contributed by atoms with Gasteiger partial charge in [0.25, 0.3) is 5.69 Å². The fraction of sp³-hybridized carbons (Fsp3) is 0.176. The van der Waals surface area contributed by atoms with E-state index >= 15 is 0 Å². The van der Waals surface area contributed by atoms with Gasteiger partial charge in [-0.15, -0.1) is 0 Å². The standard InChI is InChI=1S/C17H14FN3O4/c1-9(19-25-10(2)22)11-6-14-13-8-12(21(23)24)4-5-16(13)20(3)17(14)15(18)7-11/h4-8H,1-3H3/b19-9+. The first-order chi connectivity index (χ1) is 11.8. The number of carbonyl (C=O) groups is 1. The van der Waals surface area contributed by atoms with Crippen LogP contribution in [-0.2, 0) is 16.7 Å². The van der Waals surface area contributed by atoms with E-state index in [0.717, 1.165) is 0 Å². The summed E-state index contributed by atoms with van der Waals surface area (Å²) in [5.41, 5.74) is 1.67. The van der Waals surface area contributed by atoms with Crippen LogP contribution < -0.4 is 0 Å². The lowest BCUT2D eigenvalue weighted by Crippen LogP contribution is -2.01. The van der Waals surface area contributed by atoms with E-state index in [9.17, 15) is 19.3 Å². The van der Waals surface area contributed by atoms with E-state index in [1.54, 1.807) is 30.7 Å². The van der Waals surface area contributed by atoms with Crippen molar-refractivity contribution in [2.45, 2.75) is 13.8 Å². The zero-order valence-electron chi connectivity index (χ0n) is 13.7. The number of carbonyl (C=O) groups excluding carboxylic acids is 1. The van der Waals surface area contributed by atoms with Gasteiger partial charge in [-0.05, 0) is 25.1 Å². The molecule has 2 aromatic carbocycles. The van der Waals surface area contributed by atoms with E-state index in [4.69, 9.17) is 0 Å². The first kappa shape index (κ1) is 16.6. The number of aryl methyl sites for hydroxylation is 1. The highest BCUT2D eigenvalue weighted by atomic mass is 19.1. The number of aromatic nitrogens is 1. The van der Waals surface area contributed by atoms with E-state index in [1.165, 1.54) is 25.1 Å². The summed E-state index contributed by atoms with van der Waals surface area (Å²) in [6.45, 7) is 2.79. The molecule has 0 unspecified atom stereocenters. The molecule has 25 heavy (non-hydrogen) atoms. The molecule has 0 aliphatic rings. The maximum atomic E-state index is 14.6. The monoisotopic (exact) mass is 343 g/mol. The number of fused-ring (bicyclic) bond motifs is 3. The van der Waals surface area contributed by atoms with Gasteiger partial charge in [0.1, 0.15) is 5.82 Å². The van der Waals surface area contributed by atoms with Crippen LogP contribution in [0.25, 0.3) is 21.8 Å². The van der Waals surface area contributed by atoms with Crippen molar-refractivity contribution in [1.29, 1.82) is 0 Å². The van der Waals surface area contributed by atoms with E-state index in [1.807, 2.05) is 0 Å². The van der Waals surface area contributed by atoms with Crippen molar-refractivity contribution in [3.8, 4) is 0 Å². The minimum Gasteiger partial charge on any atom is -0.341 e. The molecule has 0 N–H and O–H groups in total. The molecule has 0 spiro atoms. The summed E-state index contributed by atoms with van der Waals surface area (Å²) in [6, 6.07) is 7.35. The van der Waals surface area contributed by atoms with Gasteiger partial charge in [0, 0.05) is 48.0 Å². The van der Waals surface area contributed by atoms with E-state index in [2.05, 4.69) is 9.99 Å². The predicted octanol–water partition coefficient (Wildman–Crippen LogP) is 3.67. The lowest BCUT2D eigenvalue weighted by molar-refractivity contribution is -0.384. The maximum Gasteiger partial charge on any atom is 0.331 e. The normalized spacial score (nSPS) is 11.9. The Balaban J connectivity index is 2.30. The van der Waals surface area contributed by atoms with E-state index in [-0.39, 0.29) is 5.69 Å². The Hall–Kier alpha value is -3.29. The summed E-state index contributed by atoms with van der Waals surface area (Å²) < 4.78 is 16.3. The van der Waals surface area contributed by atoms with Crippen LogP contribution in [0.15, 0.2) is 35.5 Å². The molecule has 128 valence electrons. The number of hydrogen-bond acceptors (Lipinski definition) is 5. The fourth-order valence-corrected chi connectivity index (χ4v) is 2.81. The van der Waals surface area contributed by atoms with Crippen molar-refractivity contribution >= 4 is 39.2 Å². The molecule has 0 aliphatic heterocycles. The second-order valence-corrected chi connectivity index (χ2v) is 5.63. The number of oxime groups is 1. The average Bonchev–Trinajstić information content (AvgIpc) is 2.85. The molecule has 3 aromatic rings. The minimum absolute atomic E-state index is 0.0730. The molecule has 0 aliphatic carbocycles. The topological polar surface area (TPSA) is 86.7 Å². The van der Waals surface area contributed by atoms with Crippen molar-refractivity contribution in [3.63, 3.8) is 0 Å². The molecule has 1 aromatic heterocycles. The molecule has 0 fully saturated rings. The number of nitrogens with zero attached hydrogens (tertiary/aromatic N) is 3. The summed E-state index contributed by atoms with van der Waals surface area (Å²) in [5, 5.41) is 15.8. The molecular weight excluding hydrogens is 329 g/mol. The SMILES string of the molecule is CC(=O)O/N=C(\C)c1cc(F)c2c(c1)c1cc([N+](=O)[O-])ccc1n2C. The van der Waals surface area contributed by atoms with Gasteiger partial charge in [-0.2, -0.15) is 0 Å². The summed E-state index contributed by atoms with van der Waals surface area (Å²) in [4.78, 5) is 26.0. The van der Waals surface area contributed by atoms with Crippen molar-refractivity contribution in [2.24, 2.45) is 12.2 Å². The third kappa shape index (κ3) is 2.82. The van der Waals surface area contributed by atoms with Crippen LogP contribution in [0.5, 0.6) is 0 Å². The first-order valence-corrected chi connectivity index (χ1v) is 7.38. The van der Waals surface area contributed by atoms with E-state index < -0.39 is 16.7 Å². The van der Waals surface area contributed by atoms with Crippen molar-refractivity contribution in [2.75, 3.05) is 0 Å². The summed E-state index contributed by atoms with van der Waals surface area (Å²) in [6.07, 6.45) is 0. The fourth-order valence-electron chi connectivity index (χ4n) is 2.81. The molecular formula is C17H14FN3O4. The lowest BCUT2D eigenvalue weighted by atomic mass is 10.1. The van der Waals surface area contributed by atoms with Crippen LogP contribution in [0.3, 0.4) is 0 Å². The molecule has 0 radical (unpaired) electrons. The number of rotatable bonds is 3. The highest BCUT2D eigenvalue weighted by Crippen LogP contribution is 2.33. The lowest BCUT2D eigenvalue weighted by Gasteiger charge is -2.04. The number of non-ortho nitro benzene ring substituents is 1. The molecule has 8 heteroatoms. The maximum absolute atomic E-state index is 14.6. The van der Waals surface area contributed by atoms with Crippen molar-refractivity contribution < 1.29 is 18.9 Å². The van der Waals surface area contributed by atoms with Crippen molar-refractivity contribution in [3.05, 3.63) is 51.8 Å². The Labute approximate surface area is 141 Å². The van der Waals surface area contributed by atoms with Crippen LogP contribution in [0.4, 0.5) is 10.1 Å². The molecule has 1 heterocycles. The molecule has 0 atom stereocenters. The van der Waals surface area contributed by atoms with Gasteiger partial charge >= 0.3 is 5.97 Å². The Morgan fingerprint density at radius 1 is 1.24 bits per heavy atom. The largest absolute Gasteiger partial charge is 0.341 e. The number of benzene rings is 2. The number of hydrogen-bond donors (Lipinski definition) is 0. The zero-order chi connectivity index (χ0) is 18.3. The zero-order valence-corrected chi connectivity index (χ0v) is 13.7. The number of nitro benzene ring substituents is 1. The highest BCUT2D eigenvalue weighted by Gasteiger charge is 2.17. The molecule has 0 saturated heterocycles. The van der Waals surface area contributed by atoms with Crippen LogP contribution in [-0.4, -0.2) is 21.2 Å². The van der Waals surface area contributed by atoms with Crippen molar-refractivity contribution in [1.82, 2.24) is 4.57 Å². The molecule has 0 bridgehead atoms. The summed E-state index contributed by atoms with van der Waals surface area (Å²) >= 11 is 0. The highest BCUT2D eigenvalue weighted by molar-refractivity contribution is 6.12. The van der Waals surface area contributed by atoms with Crippen LogP contribution in [0, 0.1) is 15.9 Å². The summed E-state index contributed by atoms with van der Waals surface area (Å²) in [7, 11) is 1.69. The van der Waals surface area contributed by atoms with Crippen LogP contribution in [0.2, 0.25) is 0 Å². The van der Waals surface area contributed by atoms with Gasteiger partial charge < -0.3 is 9.40 Å². The molecule has 3 rings (SSSR count). The third-order valence-electron chi connectivity index (χ3n) is 3.97. The van der Waals surface area contributed by atoms with Gasteiger partial charge in [0.05, 0.1) is 16.2 Å². The van der Waals surface area contributed by atoms with Gasteiger partial charge in [-0.3, -0.25) is 10.1 Å². The number of halogens is 1. The first-order valence-electron chi connectivity index (χ1n) is 7.38. The average molecular weight is 343 g/mol. The van der Waals surface area contributed by atoms with Gasteiger partial charge in [0.2, 0.25) is 0 Å². The second kappa shape index (κ2) is 5.97.